The van der Waals surface area contributed by atoms with Crippen LogP contribution in [0.3, 0.4) is 0 Å². The van der Waals surface area contributed by atoms with Crippen molar-refractivity contribution < 1.29 is 9.13 Å². The topological polar surface area (TPSA) is 7.76 Å². The van der Waals surface area contributed by atoms with Gasteiger partial charge in [-0.05, 0) is 11.8 Å². The molecule has 2 aromatic carbocycles. The average Bonchev–Trinajstić information content (AvgIpc) is 2.80. The first-order valence-corrected chi connectivity index (χ1v) is 9.93. The summed E-state index contributed by atoms with van der Waals surface area (Å²) in [4.78, 5) is 0. The van der Waals surface area contributed by atoms with E-state index in [1.54, 1.807) is 0 Å². The van der Waals surface area contributed by atoms with E-state index in [1.165, 1.54) is 11.1 Å². The molecule has 142 valence electrons. The molecule has 0 saturated carbocycles. The fourth-order valence-corrected chi connectivity index (χ4v) is 3.09. The Kier molecular flexibility index (Phi) is 6.32. The number of benzene rings is 2. The summed E-state index contributed by atoms with van der Waals surface area (Å²) >= 11 is 0. The smallest absolute Gasteiger partial charge is 0.173 e. The normalized spacial score (nSPS) is 9.73. The van der Waals surface area contributed by atoms with Crippen LogP contribution in [-0.2, 0) is 13.1 Å². The van der Waals surface area contributed by atoms with Gasteiger partial charge in [0.15, 0.2) is 37.9 Å². The lowest BCUT2D eigenvalue weighted by Gasteiger charge is -1.97. The van der Waals surface area contributed by atoms with Crippen LogP contribution in [0.2, 0.25) is 0 Å². The Morgan fingerprint density at radius 2 is 0.833 bits per heavy atom. The third kappa shape index (κ3) is 5.68. The van der Waals surface area contributed by atoms with Gasteiger partial charge in [0.2, 0.25) is 0 Å². The van der Waals surface area contributed by atoms with Gasteiger partial charge in [-0.15, -0.1) is 0 Å². The monoisotopic (exact) mass is 386 g/mol. The quantitative estimate of drug-likeness (QED) is 0.373. The molecule has 0 unspecified atom stereocenters. The molecule has 0 amide bonds. The lowest BCUT2D eigenvalue weighted by Crippen LogP contribution is -2.33. The summed E-state index contributed by atoms with van der Waals surface area (Å²) in [5.74, 6) is 12.1. The number of hydrogen-bond donors (Lipinski definition) is 0. The lowest BCUT2D eigenvalue weighted by molar-refractivity contribution is -0.688. The van der Waals surface area contributed by atoms with E-state index in [-0.39, 0.29) is 0 Å². The van der Waals surface area contributed by atoms with Gasteiger partial charge in [0.1, 0.15) is 0 Å². The predicted molar refractivity (Wildman–Crippen MR) is 118 cm³/mol. The third-order valence-corrected chi connectivity index (χ3v) is 4.67. The number of nitrogens with zero attached hydrogens (tertiary/aromatic N) is 2. The van der Waals surface area contributed by atoms with Crippen LogP contribution in [0.25, 0.3) is 0 Å². The van der Waals surface area contributed by atoms with Crippen molar-refractivity contribution in [3.05, 3.63) is 132 Å². The van der Waals surface area contributed by atoms with E-state index in [1.807, 2.05) is 61.2 Å². The van der Waals surface area contributed by atoms with E-state index in [4.69, 9.17) is 0 Å². The van der Waals surface area contributed by atoms with Crippen molar-refractivity contribution >= 4 is 0 Å². The lowest BCUT2D eigenvalue weighted by atomic mass is 10.2. The van der Waals surface area contributed by atoms with Crippen molar-refractivity contribution in [2.24, 2.45) is 0 Å². The van der Waals surface area contributed by atoms with Gasteiger partial charge in [0.25, 0.3) is 0 Å². The van der Waals surface area contributed by atoms with Gasteiger partial charge in [-0.1, -0.05) is 72.5 Å². The standard InChI is InChI=1S/C28H22N2/c1-3-11-27(12-4-1)23-29-19-15-25(16-20-29)9-7-8-10-26-17-21-30(22-18-26)24-28-13-5-2-6-14-28/h1-6,11-22H,23-24H2/q+2. The fraction of sp³-hybridized carbons (Fsp3) is 0.0714. The van der Waals surface area contributed by atoms with Crippen LogP contribution in [0.15, 0.2) is 110 Å². The Hall–Kier alpha value is -4.14. The van der Waals surface area contributed by atoms with E-state index in [0.717, 1.165) is 24.2 Å². The molecule has 0 bridgehead atoms. The third-order valence-electron chi connectivity index (χ3n) is 4.67. The zero-order valence-corrected chi connectivity index (χ0v) is 16.7. The Bertz CT molecular complexity index is 1100. The second kappa shape index (κ2) is 9.87. The van der Waals surface area contributed by atoms with Gasteiger partial charge < -0.3 is 0 Å². The maximum atomic E-state index is 3.11. The van der Waals surface area contributed by atoms with Gasteiger partial charge in [0, 0.05) is 46.5 Å². The van der Waals surface area contributed by atoms with Gasteiger partial charge in [-0.2, -0.15) is 0 Å². The molecule has 2 aromatic heterocycles. The highest BCUT2D eigenvalue weighted by Crippen LogP contribution is 2.00. The molecular weight excluding hydrogens is 364 g/mol. The van der Waals surface area contributed by atoms with Crippen LogP contribution in [0.1, 0.15) is 22.3 Å². The minimum Gasteiger partial charge on any atom is -0.201 e. The largest absolute Gasteiger partial charge is 0.201 e. The molecule has 0 saturated heterocycles. The molecule has 0 aliphatic heterocycles. The van der Waals surface area contributed by atoms with E-state index in [2.05, 4.69) is 81.3 Å². The molecule has 4 aromatic rings. The van der Waals surface area contributed by atoms with Gasteiger partial charge in [-0.25, -0.2) is 9.13 Å². The van der Waals surface area contributed by atoms with E-state index in [9.17, 15) is 0 Å². The SMILES string of the molecule is C(C#Cc1cc[n+](Cc2ccccc2)cc1)#Cc1cc[n+](Cc2ccccc2)cc1. The van der Waals surface area contributed by atoms with E-state index < -0.39 is 0 Å². The Morgan fingerprint density at radius 3 is 1.20 bits per heavy atom. The Morgan fingerprint density at radius 1 is 0.467 bits per heavy atom. The molecular formula is C28H22N2+2. The van der Waals surface area contributed by atoms with Crippen LogP contribution in [0, 0.1) is 23.7 Å². The summed E-state index contributed by atoms with van der Waals surface area (Å²) < 4.78 is 4.28. The second-order valence-electron chi connectivity index (χ2n) is 6.99. The number of rotatable bonds is 4. The Labute approximate surface area is 178 Å². The summed E-state index contributed by atoms with van der Waals surface area (Å²) in [6, 6.07) is 28.9. The molecule has 30 heavy (non-hydrogen) atoms. The number of aromatic nitrogens is 2. The summed E-state index contributed by atoms with van der Waals surface area (Å²) in [5, 5.41) is 0. The number of pyridine rings is 2. The van der Waals surface area contributed by atoms with Crippen LogP contribution >= 0.6 is 0 Å². The summed E-state index contributed by atoms with van der Waals surface area (Å²) in [7, 11) is 0. The van der Waals surface area contributed by atoms with Gasteiger partial charge in [0.05, 0.1) is 0 Å². The van der Waals surface area contributed by atoms with Crippen molar-refractivity contribution in [2.45, 2.75) is 13.1 Å². The van der Waals surface area contributed by atoms with Crippen LogP contribution in [-0.4, -0.2) is 0 Å². The fourth-order valence-electron chi connectivity index (χ4n) is 3.09. The highest BCUT2D eigenvalue weighted by Gasteiger charge is 2.02. The molecule has 0 radical (unpaired) electrons. The highest BCUT2D eigenvalue weighted by molar-refractivity contribution is 5.42. The highest BCUT2D eigenvalue weighted by atomic mass is 14.9. The molecule has 0 spiro atoms. The summed E-state index contributed by atoms with van der Waals surface area (Å²) in [6.45, 7) is 1.71. The zero-order chi connectivity index (χ0) is 20.4. The molecule has 2 nitrogen and oxygen atoms in total. The van der Waals surface area contributed by atoms with Crippen molar-refractivity contribution in [2.75, 3.05) is 0 Å². The molecule has 0 aliphatic carbocycles. The molecule has 4 rings (SSSR count). The Balaban J connectivity index is 1.34. The van der Waals surface area contributed by atoms with Crippen molar-refractivity contribution in [3.8, 4) is 23.7 Å². The zero-order valence-electron chi connectivity index (χ0n) is 16.7. The van der Waals surface area contributed by atoms with Crippen LogP contribution in [0.4, 0.5) is 0 Å². The summed E-state index contributed by atoms with van der Waals surface area (Å²) in [5.41, 5.74) is 4.48. The first-order chi connectivity index (χ1) is 14.8. The van der Waals surface area contributed by atoms with Crippen molar-refractivity contribution in [1.82, 2.24) is 0 Å². The number of hydrogen-bond acceptors (Lipinski definition) is 0. The van der Waals surface area contributed by atoms with Gasteiger partial charge in [-0.3, -0.25) is 0 Å². The molecule has 2 heterocycles. The average molecular weight is 386 g/mol. The van der Waals surface area contributed by atoms with Crippen LogP contribution in [0.5, 0.6) is 0 Å². The maximum absolute atomic E-state index is 3.11. The molecule has 2 heteroatoms. The molecule has 0 aliphatic rings. The molecule has 0 N–H and O–H groups in total. The van der Waals surface area contributed by atoms with Crippen molar-refractivity contribution in [1.29, 1.82) is 0 Å². The minimum absolute atomic E-state index is 0.854. The summed E-state index contributed by atoms with van der Waals surface area (Å²) in [6.07, 6.45) is 8.19. The minimum atomic E-state index is 0.854. The first-order valence-electron chi connectivity index (χ1n) is 9.93. The van der Waals surface area contributed by atoms with E-state index >= 15 is 0 Å². The van der Waals surface area contributed by atoms with Gasteiger partial charge >= 0.3 is 0 Å². The second-order valence-corrected chi connectivity index (χ2v) is 6.99. The molecule has 0 atom stereocenters. The maximum Gasteiger partial charge on any atom is 0.173 e. The first kappa shape index (κ1) is 19.2. The van der Waals surface area contributed by atoms with E-state index in [0.29, 0.717) is 0 Å². The van der Waals surface area contributed by atoms with Crippen molar-refractivity contribution in [3.63, 3.8) is 0 Å². The van der Waals surface area contributed by atoms with Crippen LogP contribution < -0.4 is 9.13 Å². The predicted octanol–water partition coefficient (Wildman–Crippen LogP) is 3.76. The molecule has 0 fully saturated rings.